The van der Waals surface area contributed by atoms with E-state index in [-0.39, 0.29) is 16.7 Å². The summed E-state index contributed by atoms with van der Waals surface area (Å²) < 4.78 is 54.9. The van der Waals surface area contributed by atoms with Crippen molar-refractivity contribution in [3.63, 3.8) is 0 Å². The molecule has 1 aliphatic heterocycles. The Morgan fingerprint density at radius 1 is 1.11 bits per heavy atom. The summed E-state index contributed by atoms with van der Waals surface area (Å²) in [7, 11) is -3.59. The predicted molar refractivity (Wildman–Crippen MR) is 105 cm³/mol. The van der Waals surface area contributed by atoms with E-state index in [1.807, 2.05) is 12.1 Å². The van der Waals surface area contributed by atoms with Crippen LogP contribution in [0.25, 0.3) is 0 Å². The maximum absolute atomic E-state index is 14.1. The lowest BCUT2D eigenvalue weighted by molar-refractivity contribution is 0.426. The molecule has 0 aromatic heterocycles. The highest BCUT2D eigenvalue weighted by molar-refractivity contribution is 7.99. The molecule has 2 aromatic carbocycles. The van der Waals surface area contributed by atoms with Gasteiger partial charge in [-0.3, -0.25) is 0 Å². The Bertz CT molecular complexity index is 885. The van der Waals surface area contributed by atoms with Gasteiger partial charge in [-0.2, -0.15) is 16.1 Å². The number of halogens is 2. The molecule has 0 radical (unpaired) electrons. The van der Waals surface area contributed by atoms with E-state index >= 15 is 0 Å². The van der Waals surface area contributed by atoms with Crippen LogP contribution in [0.5, 0.6) is 0 Å². The lowest BCUT2D eigenvalue weighted by Gasteiger charge is -2.20. The molecule has 146 valence electrons. The first-order chi connectivity index (χ1) is 12.9. The van der Waals surface area contributed by atoms with E-state index < -0.39 is 21.7 Å². The lowest BCUT2D eigenvalue weighted by atomic mass is 10.1. The highest BCUT2D eigenvalue weighted by atomic mass is 32.2. The van der Waals surface area contributed by atoms with Gasteiger partial charge in [-0.25, -0.2) is 17.2 Å². The summed E-state index contributed by atoms with van der Waals surface area (Å²) in [6.07, 6.45) is 2.37. The van der Waals surface area contributed by atoms with Gasteiger partial charge in [0.25, 0.3) is 0 Å². The van der Waals surface area contributed by atoms with Crippen molar-refractivity contribution >= 4 is 21.8 Å². The minimum absolute atomic E-state index is 0.257. The summed E-state index contributed by atoms with van der Waals surface area (Å²) in [4.78, 5) is 0.280. The average molecular weight is 412 g/mol. The molecule has 2 aromatic rings. The minimum Gasteiger partial charge on any atom is -0.207 e. The summed E-state index contributed by atoms with van der Waals surface area (Å²) in [6, 6.07) is 10.5. The summed E-state index contributed by atoms with van der Waals surface area (Å²) in [5.41, 5.74) is 1.42. The van der Waals surface area contributed by atoms with Crippen LogP contribution in [0.2, 0.25) is 0 Å². The van der Waals surface area contributed by atoms with Gasteiger partial charge in [0.1, 0.15) is 11.6 Å². The number of aryl methyl sites for hydroxylation is 1. The van der Waals surface area contributed by atoms with Crippen molar-refractivity contribution < 1.29 is 17.2 Å². The molecule has 0 amide bonds. The lowest BCUT2D eigenvalue weighted by Crippen LogP contribution is -2.33. The van der Waals surface area contributed by atoms with E-state index in [1.165, 1.54) is 22.1 Å². The van der Waals surface area contributed by atoms with Crippen molar-refractivity contribution in [3.8, 4) is 0 Å². The molecule has 1 fully saturated rings. The molecule has 3 rings (SSSR count). The van der Waals surface area contributed by atoms with Crippen molar-refractivity contribution in [2.45, 2.75) is 36.3 Å². The Hall–Kier alpha value is -1.44. The maximum atomic E-state index is 14.1. The summed E-state index contributed by atoms with van der Waals surface area (Å²) in [5.74, 6) is -0.391. The van der Waals surface area contributed by atoms with E-state index in [9.17, 15) is 17.2 Å². The molecular weight excluding hydrogens is 388 g/mol. The first-order valence-electron chi connectivity index (χ1n) is 9.07. The molecule has 1 unspecified atom stereocenters. The van der Waals surface area contributed by atoms with Gasteiger partial charge in [0.05, 0.1) is 4.90 Å². The smallest absolute Gasteiger partial charge is 0.207 e. The molecule has 7 heteroatoms. The van der Waals surface area contributed by atoms with Crippen LogP contribution < -0.4 is 0 Å². The number of sulfonamides is 1. The first-order valence-corrected chi connectivity index (χ1v) is 11.6. The normalized spacial score (nSPS) is 19.0. The highest BCUT2D eigenvalue weighted by Crippen LogP contribution is 2.37. The van der Waals surface area contributed by atoms with E-state index in [0.29, 0.717) is 24.3 Å². The molecule has 0 spiro atoms. The van der Waals surface area contributed by atoms with Crippen molar-refractivity contribution in [3.05, 3.63) is 65.2 Å². The predicted octanol–water partition coefficient (Wildman–Crippen LogP) is 4.79. The van der Waals surface area contributed by atoms with Gasteiger partial charge in [0.2, 0.25) is 10.0 Å². The Kier molecular flexibility index (Phi) is 6.55. The number of rotatable bonds is 5. The summed E-state index contributed by atoms with van der Waals surface area (Å²) in [5, 5.41) is -0.257. The Morgan fingerprint density at radius 2 is 1.85 bits per heavy atom. The van der Waals surface area contributed by atoms with Crippen molar-refractivity contribution in [2.75, 3.05) is 18.8 Å². The molecule has 0 bridgehead atoms. The number of nitrogens with zero attached hydrogens (tertiary/aromatic N) is 1. The highest BCUT2D eigenvalue weighted by Gasteiger charge is 2.29. The van der Waals surface area contributed by atoms with Gasteiger partial charge in [-0.15, -0.1) is 0 Å². The largest absolute Gasteiger partial charge is 0.243 e. The molecular formula is C20H23F2NO2S2. The van der Waals surface area contributed by atoms with Gasteiger partial charge in [0, 0.05) is 29.7 Å². The van der Waals surface area contributed by atoms with Crippen LogP contribution in [0, 0.1) is 11.6 Å². The zero-order valence-corrected chi connectivity index (χ0v) is 16.8. The third kappa shape index (κ3) is 4.70. The van der Waals surface area contributed by atoms with Gasteiger partial charge in [0.15, 0.2) is 0 Å². The van der Waals surface area contributed by atoms with Crippen LogP contribution in [0.4, 0.5) is 8.78 Å². The minimum atomic E-state index is -3.59. The molecule has 0 saturated carbocycles. The fourth-order valence-corrected chi connectivity index (χ4v) is 6.08. The second-order valence-corrected chi connectivity index (χ2v) is 9.86. The Balaban J connectivity index is 1.75. The van der Waals surface area contributed by atoms with Crippen molar-refractivity contribution in [1.82, 2.24) is 4.31 Å². The first kappa shape index (κ1) is 20.3. The van der Waals surface area contributed by atoms with Gasteiger partial charge >= 0.3 is 0 Å². The topological polar surface area (TPSA) is 37.4 Å². The summed E-state index contributed by atoms with van der Waals surface area (Å²) in [6.45, 7) is 2.72. The number of hydrogen-bond acceptors (Lipinski definition) is 3. The zero-order chi connectivity index (χ0) is 19.4. The van der Waals surface area contributed by atoms with Crippen LogP contribution in [0.3, 0.4) is 0 Å². The van der Waals surface area contributed by atoms with Crippen molar-refractivity contribution in [1.29, 1.82) is 0 Å². The van der Waals surface area contributed by atoms with E-state index in [1.54, 1.807) is 12.1 Å². The number of benzene rings is 2. The number of thioether (sulfide) groups is 1. The van der Waals surface area contributed by atoms with Gasteiger partial charge < -0.3 is 0 Å². The van der Waals surface area contributed by atoms with Crippen molar-refractivity contribution in [2.24, 2.45) is 0 Å². The average Bonchev–Trinajstić information content (AvgIpc) is 2.91. The van der Waals surface area contributed by atoms with Crippen LogP contribution in [0.15, 0.2) is 47.4 Å². The SMILES string of the molecule is CCCc1ccc(S(=O)(=O)N2CCSC(c3cc(F)ccc3F)CC2)cc1. The van der Waals surface area contributed by atoms with Crippen LogP contribution >= 0.6 is 11.8 Å². The molecule has 0 aliphatic carbocycles. The third-order valence-electron chi connectivity index (χ3n) is 4.71. The molecule has 3 nitrogen and oxygen atoms in total. The quantitative estimate of drug-likeness (QED) is 0.710. The van der Waals surface area contributed by atoms with Gasteiger partial charge in [-0.05, 0) is 48.7 Å². The second-order valence-electron chi connectivity index (χ2n) is 6.61. The molecule has 1 aliphatic rings. The fourth-order valence-electron chi connectivity index (χ4n) is 3.27. The Labute approximate surface area is 163 Å². The van der Waals surface area contributed by atoms with E-state index in [0.717, 1.165) is 30.5 Å². The second kappa shape index (κ2) is 8.71. The van der Waals surface area contributed by atoms with Crippen LogP contribution in [0.1, 0.15) is 36.1 Å². The van der Waals surface area contributed by atoms with E-state index in [4.69, 9.17) is 0 Å². The summed E-state index contributed by atoms with van der Waals surface area (Å²) >= 11 is 1.47. The number of hydrogen-bond donors (Lipinski definition) is 0. The molecule has 1 atom stereocenters. The fraction of sp³-hybridized carbons (Fsp3) is 0.400. The van der Waals surface area contributed by atoms with Gasteiger partial charge in [-0.1, -0.05) is 25.5 Å². The third-order valence-corrected chi connectivity index (χ3v) is 7.93. The van der Waals surface area contributed by atoms with Crippen LogP contribution in [-0.4, -0.2) is 31.6 Å². The Morgan fingerprint density at radius 3 is 2.56 bits per heavy atom. The molecule has 27 heavy (non-hydrogen) atoms. The van der Waals surface area contributed by atoms with Crippen LogP contribution in [-0.2, 0) is 16.4 Å². The molecule has 1 heterocycles. The standard InChI is InChI=1S/C20H23F2NO2S2/c1-2-3-15-4-7-17(8-5-15)27(24,25)23-11-10-20(26-13-12-23)18-14-16(21)6-9-19(18)22/h4-9,14,20H,2-3,10-13H2,1H3. The molecule has 0 N–H and O–H groups in total. The van der Waals surface area contributed by atoms with E-state index in [2.05, 4.69) is 6.92 Å². The molecule has 1 saturated heterocycles. The maximum Gasteiger partial charge on any atom is 0.243 e. The monoisotopic (exact) mass is 411 g/mol. The zero-order valence-electron chi connectivity index (χ0n) is 15.2.